The van der Waals surface area contributed by atoms with Gasteiger partial charge in [0.2, 0.25) is 0 Å². The molecule has 3 rings (SSSR count). The van der Waals surface area contributed by atoms with Crippen LogP contribution in [0.15, 0.2) is 18.2 Å². The maximum atomic E-state index is 10.6. The fraction of sp³-hybridized carbons (Fsp3) is 0.625. The summed E-state index contributed by atoms with van der Waals surface area (Å²) in [5, 5.41) is 20.4. The van der Waals surface area contributed by atoms with Gasteiger partial charge in [-0.25, -0.2) is 0 Å². The van der Waals surface area contributed by atoms with E-state index in [1.54, 1.807) is 12.1 Å². The molecule has 4 atom stereocenters. The van der Waals surface area contributed by atoms with E-state index in [2.05, 4.69) is 6.92 Å². The van der Waals surface area contributed by atoms with Crippen LogP contribution in [-0.2, 0) is 5.41 Å². The number of aromatic hydroxyl groups is 1. The van der Waals surface area contributed by atoms with Crippen LogP contribution in [0.25, 0.3) is 0 Å². The van der Waals surface area contributed by atoms with Crippen molar-refractivity contribution in [3.8, 4) is 5.75 Å². The number of hydrogen-bond donors (Lipinski definition) is 3. The molecule has 4 N–H and O–H groups in total. The van der Waals surface area contributed by atoms with Crippen LogP contribution in [0.4, 0.5) is 0 Å². The van der Waals surface area contributed by atoms with Crippen molar-refractivity contribution in [2.75, 3.05) is 0 Å². The molecule has 0 radical (unpaired) electrons. The van der Waals surface area contributed by atoms with Crippen LogP contribution in [0.5, 0.6) is 5.75 Å². The Bertz CT molecular complexity index is 488. The Kier molecular flexibility index (Phi) is 3.06. The molecule has 0 saturated heterocycles. The molecule has 104 valence electrons. The van der Waals surface area contributed by atoms with Crippen molar-refractivity contribution in [1.82, 2.24) is 0 Å². The molecule has 3 heteroatoms. The van der Waals surface area contributed by atoms with E-state index in [-0.39, 0.29) is 23.1 Å². The van der Waals surface area contributed by atoms with Crippen molar-refractivity contribution in [3.63, 3.8) is 0 Å². The average molecular weight is 261 g/mol. The van der Waals surface area contributed by atoms with Gasteiger partial charge in [0.25, 0.3) is 0 Å². The van der Waals surface area contributed by atoms with Crippen LogP contribution in [0.2, 0.25) is 0 Å². The highest BCUT2D eigenvalue weighted by molar-refractivity contribution is 5.45. The first-order chi connectivity index (χ1) is 9.04. The number of hydrogen-bond acceptors (Lipinski definition) is 3. The second kappa shape index (κ2) is 4.50. The van der Waals surface area contributed by atoms with E-state index < -0.39 is 6.10 Å². The predicted octanol–water partition coefficient (Wildman–Crippen LogP) is 2.60. The van der Waals surface area contributed by atoms with Crippen LogP contribution in [0.3, 0.4) is 0 Å². The summed E-state index contributed by atoms with van der Waals surface area (Å²) >= 11 is 0. The monoisotopic (exact) mass is 261 g/mol. The van der Waals surface area contributed by atoms with E-state index in [4.69, 9.17) is 5.73 Å². The summed E-state index contributed by atoms with van der Waals surface area (Å²) in [5.41, 5.74) is 8.39. The van der Waals surface area contributed by atoms with Crippen LogP contribution >= 0.6 is 0 Å². The standard InChI is InChI=1S/C16H23NO2/c1-16-8-4-2-3-5-12(15(16)17)14(19)11-7-6-10(18)9-13(11)16/h6-7,9,12,14-15,18-19H,2-5,8,17H2,1H3. The molecule has 19 heavy (non-hydrogen) atoms. The molecule has 2 bridgehead atoms. The minimum Gasteiger partial charge on any atom is -0.508 e. The number of rotatable bonds is 0. The van der Waals surface area contributed by atoms with Gasteiger partial charge < -0.3 is 15.9 Å². The summed E-state index contributed by atoms with van der Waals surface area (Å²) in [6.45, 7) is 2.19. The van der Waals surface area contributed by atoms with Gasteiger partial charge in [-0.05, 0) is 36.1 Å². The van der Waals surface area contributed by atoms with Gasteiger partial charge in [-0.2, -0.15) is 0 Å². The smallest absolute Gasteiger partial charge is 0.115 e. The van der Waals surface area contributed by atoms with Gasteiger partial charge in [0.1, 0.15) is 5.75 Å². The average Bonchev–Trinajstić information content (AvgIpc) is 2.38. The zero-order valence-electron chi connectivity index (χ0n) is 11.5. The molecule has 1 aromatic carbocycles. The third kappa shape index (κ3) is 1.87. The molecule has 1 fully saturated rings. The Morgan fingerprint density at radius 3 is 2.84 bits per heavy atom. The van der Waals surface area contributed by atoms with Crippen molar-refractivity contribution in [2.24, 2.45) is 11.7 Å². The molecule has 0 aliphatic heterocycles. The third-order valence-corrected chi connectivity index (χ3v) is 5.31. The van der Waals surface area contributed by atoms with E-state index in [0.717, 1.165) is 30.4 Å². The highest BCUT2D eigenvalue weighted by atomic mass is 16.3. The molecular weight excluding hydrogens is 238 g/mol. The Labute approximate surface area is 114 Å². The van der Waals surface area contributed by atoms with Crippen molar-refractivity contribution in [1.29, 1.82) is 0 Å². The number of phenols is 1. The fourth-order valence-corrected chi connectivity index (χ4v) is 4.06. The fourth-order valence-electron chi connectivity index (χ4n) is 4.06. The van der Waals surface area contributed by atoms with E-state index in [9.17, 15) is 10.2 Å². The zero-order chi connectivity index (χ0) is 13.6. The molecule has 2 aliphatic rings. The number of fused-ring (bicyclic) bond motifs is 4. The number of phenolic OH excluding ortho intramolecular Hbond substituents is 1. The van der Waals surface area contributed by atoms with Crippen molar-refractivity contribution in [3.05, 3.63) is 29.3 Å². The van der Waals surface area contributed by atoms with Crippen LogP contribution in [0.1, 0.15) is 56.3 Å². The molecule has 1 saturated carbocycles. The van der Waals surface area contributed by atoms with Gasteiger partial charge in [-0.15, -0.1) is 0 Å². The Morgan fingerprint density at radius 2 is 2.05 bits per heavy atom. The predicted molar refractivity (Wildman–Crippen MR) is 75.0 cm³/mol. The third-order valence-electron chi connectivity index (χ3n) is 5.31. The molecule has 0 aromatic heterocycles. The first kappa shape index (κ1) is 12.9. The van der Waals surface area contributed by atoms with Gasteiger partial charge in [0.05, 0.1) is 6.10 Å². The van der Waals surface area contributed by atoms with Crippen molar-refractivity contribution < 1.29 is 10.2 Å². The molecule has 3 nitrogen and oxygen atoms in total. The Morgan fingerprint density at radius 1 is 1.26 bits per heavy atom. The minimum absolute atomic E-state index is 0.0305. The summed E-state index contributed by atoms with van der Waals surface area (Å²) in [5.74, 6) is 0.405. The minimum atomic E-state index is -0.489. The first-order valence-corrected chi connectivity index (χ1v) is 7.31. The normalized spacial score (nSPS) is 38.2. The van der Waals surface area contributed by atoms with Crippen LogP contribution in [-0.4, -0.2) is 16.3 Å². The van der Waals surface area contributed by atoms with E-state index in [1.165, 1.54) is 12.8 Å². The van der Waals surface area contributed by atoms with Crippen molar-refractivity contribution >= 4 is 0 Å². The molecule has 2 aliphatic carbocycles. The second-order valence-corrected chi connectivity index (χ2v) is 6.42. The highest BCUT2D eigenvalue weighted by Crippen LogP contribution is 2.50. The second-order valence-electron chi connectivity index (χ2n) is 6.42. The quantitative estimate of drug-likeness (QED) is 0.672. The largest absolute Gasteiger partial charge is 0.508 e. The Hall–Kier alpha value is -1.06. The number of aliphatic hydroxyl groups excluding tert-OH is 1. The molecular formula is C16H23NO2. The van der Waals surface area contributed by atoms with Gasteiger partial charge in [-0.3, -0.25) is 0 Å². The van der Waals surface area contributed by atoms with E-state index in [1.807, 2.05) is 6.07 Å². The first-order valence-electron chi connectivity index (χ1n) is 7.31. The maximum Gasteiger partial charge on any atom is 0.115 e. The molecule has 0 spiro atoms. The lowest BCUT2D eigenvalue weighted by Gasteiger charge is -2.49. The molecule has 1 aromatic rings. The summed E-state index contributed by atoms with van der Waals surface area (Å²) in [6, 6.07) is 5.31. The maximum absolute atomic E-state index is 10.6. The van der Waals surface area contributed by atoms with E-state index >= 15 is 0 Å². The van der Waals surface area contributed by atoms with E-state index in [0.29, 0.717) is 0 Å². The summed E-state index contributed by atoms with van der Waals surface area (Å²) in [6.07, 6.45) is 5.07. The van der Waals surface area contributed by atoms with Gasteiger partial charge in [0, 0.05) is 17.4 Å². The number of aliphatic hydroxyl groups is 1. The topological polar surface area (TPSA) is 66.5 Å². The lowest BCUT2D eigenvalue weighted by Crippen LogP contribution is -2.54. The molecule has 0 heterocycles. The summed E-state index contributed by atoms with van der Waals surface area (Å²) < 4.78 is 0. The molecule has 4 unspecified atom stereocenters. The molecule has 0 amide bonds. The van der Waals surface area contributed by atoms with Gasteiger partial charge >= 0.3 is 0 Å². The van der Waals surface area contributed by atoms with Gasteiger partial charge in [-0.1, -0.05) is 32.3 Å². The Balaban J connectivity index is 2.17. The summed E-state index contributed by atoms with van der Waals surface area (Å²) in [4.78, 5) is 0. The zero-order valence-corrected chi connectivity index (χ0v) is 11.5. The van der Waals surface area contributed by atoms with Crippen molar-refractivity contribution in [2.45, 2.75) is 56.6 Å². The van der Waals surface area contributed by atoms with Crippen LogP contribution < -0.4 is 5.73 Å². The lowest BCUT2D eigenvalue weighted by atomic mass is 9.59. The number of nitrogens with two attached hydrogens (primary N) is 1. The van der Waals surface area contributed by atoms with Gasteiger partial charge in [0.15, 0.2) is 0 Å². The summed E-state index contributed by atoms with van der Waals surface area (Å²) in [7, 11) is 0. The SMILES string of the molecule is CC12CCCCCC(C(O)c3ccc(O)cc31)C2N. The lowest BCUT2D eigenvalue weighted by molar-refractivity contribution is 0.0398. The number of benzene rings is 1. The van der Waals surface area contributed by atoms with Crippen LogP contribution in [0, 0.1) is 5.92 Å². The highest BCUT2D eigenvalue weighted by Gasteiger charge is 2.47.